The van der Waals surface area contributed by atoms with Crippen LogP contribution in [0.4, 0.5) is 0 Å². The Hall–Kier alpha value is -1.30. The second-order valence-corrected chi connectivity index (χ2v) is 6.16. The highest BCUT2D eigenvalue weighted by atomic mass is 14.1. The fraction of sp³-hybridized carbons (Fsp3) is 0.500. The van der Waals surface area contributed by atoms with Gasteiger partial charge in [0.1, 0.15) is 0 Å². The second kappa shape index (κ2) is 8.79. The lowest BCUT2D eigenvalue weighted by molar-refractivity contribution is 0.885. The van der Waals surface area contributed by atoms with Gasteiger partial charge in [-0.1, -0.05) is 53.2 Å². The van der Waals surface area contributed by atoms with Gasteiger partial charge in [-0.15, -0.1) is 0 Å². The minimum absolute atomic E-state index is 1.11. The minimum atomic E-state index is 1.11. The van der Waals surface area contributed by atoms with E-state index in [1.165, 1.54) is 40.7 Å². The SMILES string of the molecule is C=C(C)/C1=C/C=C(\C)CC/C=C(\C)CC/C=C(\C)CC1. The van der Waals surface area contributed by atoms with Gasteiger partial charge in [0, 0.05) is 0 Å². The van der Waals surface area contributed by atoms with E-state index in [2.05, 4.69) is 58.6 Å². The summed E-state index contributed by atoms with van der Waals surface area (Å²) in [5, 5.41) is 0. The van der Waals surface area contributed by atoms with Crippen molar-refractivity contribution in [2.45, 2.75) is 66.2 Å². The van der Waals surface area contributed by atoms with Crippen LogP contribution in [0.1, 0.15) is 66.2 Å². The molecule has 0 spiro atoms. The molecule has 0 aromatic heterocycles. The van der Waals surface area contributed by atoms with Crippen molar-refractivity contribution >= 4 is 0 Å². The van der Waals surface area contributed by atoms with Gasteiger partial charge in [-0.25, -0.2) is 0 Å². The molecule has 1 aliphatic carbocycles. The van der Waals surface area contributed by atoms with Crippen molar-refractivity contribution in [3.05, 3.63) is 58.7 Å². The van der Waals surface area contributed by atoms with E-state index in [0.717, 1.165) is 25.7 Å². The summed E-state index contributed by atoms with van der Waals surface area (Å²) < 4.78 is 0. The van der Waals surface area contributed by atoms with Crippen LogP contribution in [0, 0.1) is 0 Å². The van der Waals surface area contributed by atoms with Gasteiger partial charge in [0.2, 0.25) is 0 Å². The quantitative estimate of drug-likeness (QED) is 0.466. The lowest BCUT2D eigenvalue weighted by Crippen LogP contribution is -1.88. The molecule has 1 rings (SSSR count). The highest BCUT2D eigenvalue weighted by molar-refractivity contribution is 5.31. The van der Waals surface area contributed by atoms with E-state index in [1.54, 1.807) is 0 Å². The average Bonchev–Trinajstić information content (AvgIpc) is 2.37. The summed E-state index contributed by atoms with van der Waals surface area (Å²) in [5.74, 6) is 0. The third-order valence-corrected chi connectivity index (χ3v) is 3.97. The Morgan fingerprint density at radius 1 is 0.800 bits per heavy atom. The Morgan fingerprint density at radius 2 is 1.35 bits per heavy atom. The normalized spacial score (nSPS) is 29.6. The summed E-state index contributed by atoms with van der Waals surface area (Å²) in [6.45, 7) is 13.0. The smallest absolute Gasteiger partial charge is 0.0239 e. The standard InChI is InChI=1S/C20H30/c1-16(2)20-14-12-18(4)10-6-8-17(3)9-7-11-19(5)13-15-20/h8,11-12,14H,1,6-7,9-10,13,15H2,2-5H3/b17-8+,18-12+,19-11+,20-14+. The number of hydrogen-bond acceptors (Lipinski definition) is 0. The van der Waals surface area contributed by atoms with Gasteiger partial charge in [0.25, 0.3) is 0 Å². The molecule has 0 heteroatoms. The van der Waals surface area contributed by atoms with Crippen molar-refractivity contribution in [2.24, 2.45) is 0 Å². The van der Waals surface area contributed by atoms with Gasteiger partial charge in [0.15, 0.2) is 0 Å². The molecule has 0 nitrogen and oxygen atoms in total. The molecule has 1 aliphatic rings. The molecule has 0 aromatic rings. The van der Waals surface area contributed by atoms with E-state index in [1.807, 2.05) is 0 Å². The molecule has 0 N–H and O–H groups in total. The molecule has 0 heterocycles. The van der Waals surface area contributed by atoms with Gasteiger partial charge in [-0.3, -0.25) is 0 Å². The summed E-state index contributed by atoms with van der Waals surface area (Å²) in [6, 6.07) is 0. The third-order valence-electron chi connectivity index (χ3n) is 3.97. The van der Waals surface area contributed by atoms with Crippen molar-refractivity contribution in [3.8, 4) is 0 Å². The van der Waals surface area contributed by atoms with Gasteiger partial charge >= 0.3 is 0 Å². The maximum atomic E-state index is 4.11. The molecule has 0 atom stereocenters. The van der Waals surface area contributed by atoms with Crippen LogP contribution >= 0.6 is 0 Å². The molecule has 0 radical (unpaired) electrons. The highest BCUT2D eigenvalue weighted by Crippen LogP contribution is 2.20. The van der Waals surface area contributed by atoms with Crippen molar-refractivity contribution in [1.29, 1.82) is 0 Å². The van der Waals surface area contributed by atoms with E-state index in [9.17, 15) is 0 Å². The van der Waals surface area contributed by atoms with Crippen LogP contribution in [0.2, 0.25) is 0 Å². The molecule has 0 saturated carbocycles. The maximum Gasteiger partial charge on any atom is -0.0239 e. The molecular formula is C20H30. The Kier molecular flexibility index (Phi) is 7.36. The molecule has 0 amide bonds. The molecule has 0 bridgehead atoms. The van der Waals surface area contributed by atoms with Crippen LogP contribution < -0.4 is 0 Å². The first kappa shape index (κ1) is 16.8. The molecule has 0 saturated heterocycles. The van der Waals surface area contributed by atoms with Crippen LogP contribution in [-0.2, 0) is 0 Å². The molecule has 0 aliphatic heterocycles. The lowest BCUT2D eigenvalue weighted by Gasteiger charge is -2.08. The van der Waals surface area contributed by atoms with Crippen LogP contribution in [0.25, 0.3) is 0 Å². The Labute approximate surface area is 125 Å². The Balaban J connectivity index is 2.90. The third kappa shape index (κ3) is 6.75. The zero-order chi connectivity index (χ0) is 15.0. The first-order chi connectivity index (χ1) is 9.49. The molecule has 0 unspecified atom stereocenters. The van der Waals surface area contributed by atoms with Crippen molar-refractivity contribution in [1.82, 2.24) is 0 Å². The molecule has 0 fully saturated rings. The number of hydrogen-bond donors (Lipinski definition) is 0. The maximum absolute atomic E-state index is 4.11. The summed E-state index contributed by atoms with van der Waals surface area (Å²) in [5.41, 5.74) is 7.07. The summed E-state index contributed by atoms with van der Waals surface area (Å²) >= 11 is 0. The first-order valence-electron chi connectivity index (χ1n) is 7.82. The average molecular weight is 270 g/mol. The van der Waals surface area contributed by atoms with E-state index >= 15 is 0 Å². The first-order valence-corrected chi connectivity index (χ1v) is 7.82. The predicted octanol–water partition coefficient (Wildman–Crippen LogP) is 6.68. The predicted molar refractivity (Wildman–Crippen MR) is 91.9 cm³/mol. The van der Waals surface area contributed by atoms with Gasteiger partial charge in [-0.2, -0.15) is 0 Å². The summed E-state index contributed by atoms with van der Waals surface area (Å²) in [6.07, 6.45) is 16.3. The highest BCUT2D eigenvalue weighted by Gasteiger charge is 2.00. The zero-order valence-corrected chi connectivity index (χ0v) is 13.8. The van der Waals surface area contributed by atoms with Crippen LogP contribution in [0.3, 0.4) is 0 Å². The van der Waals surface area contributed by atoms with E-state index < -0.39 is 0 Å². The van der Waals surface area contributed by atoms with Gasteiger partial charge in [-0.05, 0) is 71.8 Å². The zero-order valence-electron chi connectivity index (χ0n) is 13.8. The second-order valence-electron chi connectivity index (χ2n) is 6.16. The molecule has 20 heavy (non-hydrogen) atoms. The van der Waals surface area contributed by atoms with Crippen molar-refractivity contribution < 1.29 is 0 Å². The van der Waals surface area contributed by atoms with E-state index in [-0.39, 0.29) is 0 Å². The topological polar surface area (TPSA) is 0 Å². The monoisotopic (exact) mass is 270 g/mol. The van der Waals surface area contributed by atoms with Crippen LogP contribution in [0.15, 0.2) is 58.7 Å². The molecule has 0 aromatic carbocycles. The van der Waals surface area contributed by atoms with Crippen molar-refractivity contribution in [3.63, 3.8) is 0 Å². The van der Waals surface area contributed by atoms with Gasteiger partial charge in [0.05, 0.1) is 0 Å². The van der Waals surface area contributed by atoms with Crippen LogP contribution in [0.5, 0.6) is 0 Å². The number of allylic oxidation sites excluding steroid dienone is 9. The molecule has 110 valence electrons. The fourth-order valence-electron chi connectivity index (χ4n) is 2.39. The largest absolute Gasteiger partial charge is 0.0958 e. The minimum Gasteiger partial charge on any atom is -0.0958 e. The molecular weight excluding hydrogens is 240 g/mol. The van der Waals surface area contributed by atoms with Crippen LogP contribution in [-0.4, -0.2) is 0 Å². The fourth-order valence-corrected chi connectivity index (χ4v) is 2.39. The summed E-state index contributed by atoms with van der Waals surface area (Å²) in [4.78, 5) is 0. The van der Waals surface area contributed by atoms with E-state index in [0.29, 0.717) is 0 Å². The van der Waals surface area contributed by atoms with Gasteiger partial charge < -0.3 is 0 Å². The Morgan fingerprint density at radius 3 is 1.95 bits per heavy atom. The summed E-state index contributed by atoms with van der Waals surface area (Å²) in [7, 11) is 0. The number of rotatable bonds is 1. The van der Waals surface area contributed by atoms with E-state index in [4.69, 9.17) is 0 Å². The van der Waals surface area contributed by atoms with Crippen molar-refractivity contribution in [2.75, 3.05) is 0 Å². The Bertz CT molecular complexity index is 452. The lowest BCUT2D eigenvalue weighted by atomic mass is 9.98.